The van der Waals surface area contributed by atoms with Crippen LogP contribution < -0.4 is 0 Å². The van der Waals surface area contributed by atoms with Crippen LogP contribution >= 0.6 is 0 Å². The molecule has 0 aliphatic rings. The monoisotopic (exact) mass is 134 g/mol. The number of rotatable bonds is 4. The average Bonchev–Trinajstić information content (AvgIpc) is 1.83. The molecule has 8 heavy (non-hydrogen) atoms. The van der Waals surface area contributed by atoms with Crippen molar-refractivity contribution in [1.82, 2.24) is 0 Å². The fourth-order valence-corrected chi connectivity index (χ4v) is 0.972. The van der Waals surface area contributed by atoms with Gasteiger partial charge < -0.3 is 4.79 Å². The minimum absolute atomic E-state index is 0.431. The van der Waals surface area contributed by atoms with E-state index in [9.17, 15) is 9.00 Å². The number of hydrogen-bond acceptors (Lipinski definition) is 2. The zero-order valence-corrected chi connectivity index (χ0v) is 5.74. The van der Waals surface area contributed by atoms with Crippen LogP contribution in [0.2, 0.25) is 0 Å². The van der Waals surface area contributed by atoms with E-state index >= 15 is 0 Å². The summed E-state index contributed by atoms with van der Waals surface area (Å²) >= 11 is 0. The molecule has 0 aliphatic carbocycles. The smallest absolute Gasteiger partial charge is 0.120 e. The molecular weight excluding hydrogens is 124 g/mol. The Morgan fingerprint density at radius 1 is 1.62 bits per heavy atom. The van der Waals surface area contributed by atoms with Crippen LogP contribution in [0.1, 0.15) is 13.3 Å². The van der Waals surface area contributed by atoms with Crippen LogP contribution in [0.25, 0.3) is 0 Å². The minimum atomic E-state index is -0.758. The highest BCUT2D eigenvalue weighted by atomic mass is 32.2. The molecule has 3 heteroatoms. The molecule has 1 unspecified atom stereocenters. The number of carbonyl (C=O) groups excluding carboxylic acids is 1. The quantitative estimate of drug-likeness (QED) is 0.520. The summed E-state index contributed by atoms with van der Waals surface area (Å²) in [7, 11) is -0.758. The zero-order valence-electron chi connectivity index (χ0n) is 4.92. The van der Waals surface area contributed by atoms with Gasteiger partial charge in [-0.3, -0.25) is 4.21 Å². The maximum Gasteiger partial charge on any atom is 0.120 e. The Hall–Kier alpha value is -0.180. The van der Waals surface area contributed by atoms with Crippen molar-refractivity contribution in [3.63, 3.8) is 0 Å². The predicted molar refractivity (Wildman–Crippen MR) is 34.2 cm³/mol. The van der Waals surface area contributed by atoms with E-state index in [1.54, 1.807) is 0 Å². The van der Waals surface area contributed by atoms with Gasteiger partial charge in [0.1, 0.15) is 6.29 Å². The fourth-order valence-electron chi connectivity index (χ4n) is 0.324. The first-order valence-electron chi connectivity index (χ1n) is 2.60. The van der Waals surface area contributed by atoms with Gasteiger partial charge in [0.2, 0.25) is 0 Å². The van der Waals surface area contributed by atoms with Crippen molar-refractivity contribution in [3.05, 3.63) is 0 Å². The molecule has 0 radical (unpaired) electrons. The summed E-state index contributed by atoms with van der Waals surface area (Å²) in [6.45, 7) is 1.85. The molecule has 0 N–H and O–H groups in total. The molecule has 48 valence electrons. The van der Waals surface area contributed by atoms with Crippen LogP contribution in [-0.2, 0) is 15.6 Å². The van der Waals surface area contributed by atoms with Gasteiger partial charge in [0.15, 0.2) is 0 Å². The van der Waals surface area contributed by atoms with Crippen molar-refractivity contribution >= 4 is 17.1 Å². The van der Waals surface area contributed by atoms with E-state index in [1.807, 2.05) is 6.92 Å². The molecule has 2 nitrogen and oxygen atoms in total. The van der Waals surface area contributed by atoms with E-state index in [1.165, 1.54) is 0 Å². The summed E-state index contributed by atoms with van der Waals surface area (Å²) in [4.78, 5) is 9.69. The average molecular weight is 134 g/mol. The van der Waals surface area contributed by atoms with Crippen LogP contribution in [0, 0.1) is 0 Å². The van der Waals surface area contributed by atoms with E-state index in [0.29, 0.717) is 17.9 Å². The van der Waals surface area contributed by atoms with E-state index in [0.717, 1.165) is 6.29 Å². The van der Waals surface area contributed by atoms with Gasteiger partial charge in [-0.05, 0) is 0 Å². The summed E-state index contributed by atoms with van der Waals surface area (Å²) in [5.41, 5.74) is 0. The summed E-state index contributed by atoms with van der Waals surface area (Å²) in [5, 5.41) is 0. The third-order valence-corrected chi connectivity index (χ3v) is 2.12. The summed E-state index contributed by atoms with van der Waals surface area (Å²) in [5.74, 6) is 1.19. The highest BCUT2D eigenvalue weighted by Crippen LogP contribution is 1.82. The van der Waals surface area contributed by atoms with Crippen molar-refractivity contribution in [2.75, 3.05) is 11.5 Å². The molecule has 0 spiro atoms. The lowest BCUT2D eigenvalue weighted by Crippen LogP contribution is -1.99. The first-order chi connectivity index (χ1) is 3.81. The van der Waals surface area contributed by atoms with Crippen molar-refractivity contribution in [2.24, 2.45) is 0 Å². The van der Waals surface area contributed by atoms with Gasteiger partial charge in [0.25, 0.3) is 0 Å². The third-order valence-electron chi connectivity index (χ3n) is 0.785. The van der Waals surface area contributed by atoms with Gasteiger partial charge in [0.05, 0.1) is 0 Å². The van der Waals surface area contributed by atoms with Crippen LogP contribution in [0.15, 0.2) is 0 Å². The van der Waals surface area contributed by atoms with E-state index in [4.69, 9.17) is 0 Å². The molecule has 0 aromatic heterocycles. The molecular formula is C5H10O2S. The Morgan fingerprint density at radius 2 is 2.25 bits per heavy atom. The maximum atomic E-state index is 10.5. The van der Waals surface area contributed by atoms with Gasteiger partial charge in [-0.1, -0.05) is 6.92 Å². The Bertz CT molecular complexity index is 90.4. The second-order valence-corrected chi connectivity index (χ2v) is 3.25. The third kappa shape index (κ3) is 3.99. The lowest BCUT2D eigenvalue weighted by Gasteiger charge is -1.89. The Kier molecular flexibility index (Phi) is 4.85. The molecule has 1 atom stereocenters. The largest absolute Gasteiger partial charge is 0.303 e. The molecule has 0 aromatic rings. The van der Waals surface area contributed by atoms with E-state index < -0.39 is 10.8 Å². The second-order valence-electron chi connectivity index (χ2n) is 1.39. The van der Waals surface area contributed by atoms with Gasteiger partial charge >= 0.3 is 0 Å². The molecule has 0 amide bonds. The van der Waals surface area contributed by atoms with Gasteiger partial charge in [0, 0.05) is 28.7 Å². The Labute approximate surface area is 51.7 Å². The van der Waals surface area contributed by atoms with E-state index in [-0.39, 0.29) is 0 Å². The second kappa shape index (κ2) is 4.97. The molecule has 0 aromatic carbocycles. The lowest BCUT2D eigenvalue weighted by atomic mass is 10.6. The van der Waals surface area contributed by atoms with Crippen molar-refractivity contribution in [3.8, 4) is 0 Å². The van der Waals surface area contributed by atoms with Crippen LogP contribution in [-0.4, -0.2) is 22.0 Å². The predicted octanol–water partition coefficient (Wildman–Crippen LogP) is 0.344. The standard InChI is InChI=1S/C5H10O2S/c1-2-8(7)5-3-4-6/h4H,2-3,5H2,1H3. The highest BCUT2D eigenvalue weighted by molar-refractivity contribution is 7.84. The lowest BCUT2D eigenvalue weighted by molar-refractivity contribution is -0.107. The summed E-state index contributed by atoms with van der Waals surface area (Å²) in [6, 6.07) is 0. The molecule has 0 bridgehead atoms. The zero-order chi connectivity index (χ0) is 6.41. The normalized spacial score (nSPS) is 13.1. The minimum Gasteiger partial charge on any atom is -0.303 e. The maximum absolute atomic E-state index is 10.5. The summed E-state index contributed by atoms with van der Waals surface area (Å²) in [6.07, 6.45) is 1.23. The summed E-state index contributed by atoms with van der Waals surface area (Å²) < 4.78 is 10.5. The molecule has 0 saturated heterocycles. The number of carbonyl (C=O) groups is 1. The van der Waals surface area contributed by atoms with Crippen molar-refractivity contribution in [2.45, 2.75) is 13.3 Å². The SMILES string of the molecule is CCS(=O)CCC=O. The molecule has 0 aliphatic heterocycles. The Balaban J connectivity index is 3.11. The van der Waals surface area contributed by atoms with Crippen LogP contribution in [0.4, 0.5) is 0 Å². The fraction of sp³-hybridized carbons (Fsp3) is 0.800. The van der Waals surface area contributed by atoms with Crippen molar-refractivity contribution < 1.29 is 9.00 Å². The molecule has 0 rings (SSSR count). The number of hydrogen-bond donors (Lipinski definition) is 0. The van der Waals surface area contributed by atoms with Crippen molar-refractivity contribution in [1.29, 1.82) is 0 Å². The van der Waals surface area contributed by atoms with Gasteiger partial charge in [-0.25, -0.2) is 0 Å². The number of aldehydes is 1. The Morgan fingerprint density at radius 3 is 2.62 bits per heavy atom. The first-order valence-corrected chi connectivity index (χ1v) is 4.08. The highest BCUT2D eigenvalue weighted by Gasteiger charge is 1.91. The first kappa shape index (κ1) is 7.82. The molecule has 0 heterocycles. The van der Waals surface area contributed by atoms with Crippen LogP contribution in [0.5, 0.6) is 0 Å². The van der Waals surface area contributed by atoms with Crippen LogP contribution in [0.3, 0.4) is 0 Å². The molecule has 0 saturated carbocycles. The van der Waals surface area contributed by atoms with Gasteiger partial charge in [-0.2, -0.15) is 0 Å². The molecule has 0 fully saturated rings. The topological polar surface area (TPSA) is 34.1 Å². The van der Waals surface area contributed by atoms with E-state index in [2.05, 4.69) is 0 Å². The van der Waals surface area contributed by atoms with Gasteiger partial charge in [-0.15, -0.1) is 0 Å².